The Kier molecular flexibility index (Phi) is 4.67. The van der Waals surface area contributed by atoms with Gasteiger partial charge in [-0.05, 0) is 25.3 Å². The molecule has 3 rings (SSSR count). The van der Waals surface area contributed by atoms with Crippen LogP contribution in [-0.4, -0.2) is 55.8 Å². The summed E-state index contributed by atoms with van der Waals surface area (Å²) in [7, 11) is 0. The van der Waals surface area contributed by atoms with E-state index in [4.69, 9.17) is 0 Å². The van der Waals surface area contributed by atoms with E-state index < -0.39 is 42.0 Å². The van der Waals surface area contributed by atoms with Crippen LogP contribution >= 0.6 is 0 Å². The fourth-order valence-corrected chi connectivity index (χ4v) is 3.70. The van der Waals surface area contributed by atoms with Crippen molar-refractivity contribution in [1.82, 2.24) is 9.80 Å². The van der Waals surface area contributed by atoms with E-state index in [1.165, 1.54) is 0 Å². The van der Waals surface area contributed by atoms with Crippen LogP contribution in [0.25, 0.3) is 0 Å². The predicted molar refractivity (Wildman–Crippen MR) is 88.9 cm³/mol. The number of rotatable bonds is 5. The molecule has 2 aliphatic heterocycles. The van der Waals surface area contributed by atoms with Gasteiger partial charge in [-0.3, -0.25) is 9.59 Å². The number of aryl methyl sites for hydroxylation is 1. The first kappa shape index (κ1) is 17.9. The van der Waals surface area contributed by atoms with Gasteiger partial charge in [-0.25, -0.2) is 9.59 Å². The van der Waals surface area contributed by atoms with E-state index in [0.717, 1.165) is 15.4 Å². The molecular weight excluding hydrogens is 340 g/mol. The molecule has 0 spiro atoms. The molecule has 1 aromatic carbocycles. The van der Waals surface area contributed by atoms with E-state index in [1.807, 2.05) is 6.92 Å². The van der Waals surface area contributed by atoms with Gasteiger partial charge in [0.05, 0.1) is 0 Å². The molecule has 0 aromatic heterocycles. The van der Waals surface area contributed by atoms with Gasteiger partial charge in [0.25, 0.3) is 0 Å². The van der Waals surface area contributed by atoms with E-state index >= 15 is 0 Å². The summed E-state index contributed by atoms with van der Waals surface area (Å²) < 4.78 is 0. The van der Waals surface area contributed by atoms with Crippen molar-refractivity contribution in [2.24, 2.45) is 0 Å². The highest BCUT2D eigenvalue weighted by Gasteiger charge is 2.49. The number of hydrogen-bond acceptors (Lipinski definition) is 4. The maximum Gasteiger partial charge on any atom is 0.326 e. The highest BCUT2D eigenvalue weighted by atomic mass is 16.4. The van der Waals surface area contributed by atoms with Crippen molar-refractivity contribution in [1.29, 1.82) is 0 Å². The third kappa shape index (κ3) is 3.02. The Labute approximate surface area is 150 Å². The molecule has 2 amide bonds. The molecule has 2 saturated heterocycles. The van der Waals surface area contributed by atoms with Crippen molar-refractivity contribution in [3.8, 4) is 0 Å². The molecule has 0 saturated carbocycles. The highest BCUT2D eigenvalue weighted by Crippen LogP contribution is 2.38. The van der Waals surface area contributed by atoms with E-state index in [-0.39, 0.29) is 25.7 Å². The van der Waals surface area contributed by atoms with Crippen LogP contribution in [-0.2, 0) is 19.2 Å². The molecule has 0 radical (unpaired) electrons. The monoisotopic (exact) mass is 360 g/mol. The zero-order chi connectivity index (χ0) is 19.0. The van der Waals surface area contributed by atoms with Crippen molar-refractivity contribution in [3.05, 3.63) is 35.4 Å². The van der Waals surface area contributed by atoms with E-state index in [9.17, 15) is 29.4 Å². The van der Waals surface area contributed by atoms with Crippen molar-refractivity contribution < 1.29 is 29.4 Å². The molecule has 8 heteroatoms. The lowest BCUT2D eigenvalue weighted by Crippen LogP contribution is -2.52. The average Bonchev–Trinajstić information content (AvgIpc) is 3.14. The Balaban J connectivity index is 2.11. The van der Waals surface area contributed by atoms with Gasteiger partial charge in [0, 0.05) is 12.8 Å². The van der Waals surface area contributed by atoms with Crippen molar-refractivity contribution in [2.45, 2.75) is 50.9 Å². The molecule has 26 heavy (non-hydrogen) atoms. The van der Waals surface area contributed by atoms with Crippen molar-refractivity contribution in [3.63, 3.8) is 0 Å². The summed E-state index contributed by atoms with van der Waals surface area (Å²) in [6.07, 6.45) is -0.659. The number of carboxylic acid groups (broad SMARTS) is 2. The van der Waals surface area contributed by atoms with Gasteiger partial charge in [-0.1, -0.05) is 29.8 Å². The van der Waals surface area contributed by atoms with E-state index in [2.05, 4.69) is 0 Å². The topological polar surface area (TPSA) is 115 Å². The smallest absolute Gasteiger partial charge is 0.326 e. The molecule has 138 valence electrons. The Hall–Kier alpha value is -2.90. The van der Waals surface area contributed by atoms with Gasteiger partial charge in [-0.2, -0.15) is 0 Å². The number of aliphatic carboxylic acids is 2. The molecule has 0 aliphatic carbocycles. The average molecular weight is 360 g/mol. The summed E-state index contributed by atoms with van der Waals surface area (Å²) in [5.74, 6) is -3.11. The van der Waals surface area contributed by atoms with Gasteiger partial charge < -0.3 is 20.0 Å². The Morgan fingerprint density at radius 1 is 0.923 bits per heavy atom. The van der Waals surface area contributed by atoms with Crippen molar-refractivity contribution in [2.75, 3.05) is 0 Å². The lowest BCUT2D eigenvalue weighted by molar-refractivity contribution is -0.160. The molecule has 2 atom stereocenters. The van der Waals surface area contributed by atoms with Gasteiger partial charge in [0.15, 0.2) is 0 Å². The van der Waals surface area contributed by atoms with Crippen molar-refractivity contribution >= 4 is 23.8 Å². The SMILES string of the molecule is Cc1ccc(C(N2C(=O)CCC2C(=O)O)N2C(=O)CCC2C(=O)O)cc1. The Morgan fingerprint density at radius 2 is 1.35 bits per heavy atom. The lowest BCUT2D eigenvalue weighted by Gasteiger charge is -2.39. The zero-order valence-electron chi connectivity index (χ0n) is 14.3. The summed E-state index contributed by atoms with van der Waals surface area (Å²) in [6, 6.07) is 4.81. The summed E-state index contributed by atoms with van der Waals surface area (Å²) in [6.45, 7) is 1.88. The molecule has 1 aromatic rings. The fourth-order valence-electron chi connectivity index (χ4n) is 3.70. The molecule has 2 unspecified atom stereocenters. The number of benzene rings is 1. The first-order chi connectivity index (χ1) is 12.3. The molecule has 0 bridgehead atoms. The van der Waals surface area contributed by atoms with E-state index in [0.29, 0.717) is 5.56 Å². The second-order valence-corrected chi connectivity index (χ2v) is 6.67. The minimum atomic E-state index is -1.16. The van der Waals surface area contributed by atoms with Crippen LogP contribution in [0.4, 0.5) is 0 Å². The summed E-state index contributed by atoms with van der Waals surface area (Å²) >= 11 is 0. The summed E-state index contributed by atoms with van der Waals surface area (Å²) in [5.41, 5.74) is 1.48. The van der Waals surface area contributed by atoms with Gasteiger partial charge in [-0.15, -0.1) is 0 Å². The summed E-state index contributed by atoms with van der Waals surface area (Å²) in [4.78, 5) is 50.6. The van der Waals surface area contributed by atoms with Crippen LogP contribution in [0.3, 0.4) is 0 Å². The number of carbonyl (C=O) groups excluding carboxylic acids is 2. The number of carbonyl (C=O) groups is 4. The largest absolute Gasteiger partial charge is 0.480 e. The standard InChI is InChI=1S/C18H20N2O6/c1-10-2-4-11(5-3-10)16(19-12(17(23)24)6-8-14(19)21)20-13(18(25)26)7-9-15(20)22/h2-5,12-13,16H,6-9H2,1H3,(H,23,24)(H,25,26). The minimum Gasteiger partial charge on any atom is -0.480 e. The molecule has 2 aliphatic rings. The highest BCUT2D eigenvalue weighted by molar-refractivity contribution is 5.90. The Morgan fingerprint density at radius 3 is 1.73 bits per heavy atom. The Bertz CT molecular complexity index is 717. The number of amides is 2. The summed E-state index contributed by atoms with van der Waals surface area (Å²) in [5, 5.41) is 19.0. The quantitative estimate of drug-likeness (QED) is 0.814. The van der Waals surface area contributed by atoms with Crippen LogP contribution in [0.5, 0.6) is 0 Å². The van der Waals surface area contributed by atoms with E-state index in [1.54, 1.807) is 24.3 Å². The molecule has 8 nitrogen and oxygen atoms in total. The predicted octanol–water partition coefficient (Wildman–Crippen LogP) is 1.14. The third-order valence-corrected chi connectivity index (χ3v) is 4.98. The molecule has 2 fully saturated rings. The second-order valence-electron chi connectivity index (χ2n) is 6.67. The first-order valence-electron chi connectivity index (χ1n) is 8.45. The van der Waals surface area contributed by atoms with Crippen LogP contribution in [0.2, 0.25) is 0 Å². The number of hydrogen-bond donors (Lipinski definition) is 2. The second kappa shape index (κ2) is 6.78. The van der Waals surface area contributed by atoms with Gasteiger partial charge in [0.2, 0.25) is 11.8 Å². The molecular formula is C18H20N2O6. The minimum absolute atomic E-state index is 0.0547. The van der Waals surface area contributed by atoms with Crippen LogP contribution in [0.1, 0.15) is 43.0 Å². The molecule has 2 heterocycles. The number of likely N-dealkylation sites (tertiary alicyclic amines) is 2. The maximum atomic E-state index is 12.5. The first-order valence-corrected chi connectivity index (χ1v) is 8.45. The zero-order valence-corrected chi connectivity index (χ0v) is 14.3. The molecule has 2 N–H and O–H groups in total. The normalized spacial score (nSPS) is 24.2. The number of carboxylic acids is 2. The maximum absolute atomic E-state index is 12.5. The number of nitrogens with zero attached hydrogens (tertiary/aromatic N) is 2. The van der Waals surface area contributed by atoms with Crippen LogP contribution in [0, 0.1) is 6.92 Å². The van der Waals surface area contributed by atoms with Gasteiger partial charge >= 0.3 is 11.9 Å². The third-order valence-electron chi connectivity index (χ3n) is 4.98. The van der Waals surface area contributed by atoms with Crippen LogP contribution in [0.15, 0.2) is 24.3 Å². The van der Waals surface area contributed by atoms with Gasteiger partial charge in [0.1, 0.15) is 18.2 Å². The van der Waals surface area contributed by atoms with Crippen LogP contribution < -0.4 is 0 Å². The lowest BCUT2D eigenvalue weighted by atomic mass is 10.1. The fraction of sp³-hybridized carbons (Fsp3) is 0.444.